The minimum absolute atomic E-state index is 0.0426. The number of fused-ring (bicyclic) bond motifs is 4. The molecule has 0 saturated heterocycles. The Morgan fingerprint density at radius 2 is 1.39 bits per heavy atom. The predicted octanol–water partition coefficient (Wildman–Crippen LogP) is 7.15. The van der Waals surface area contributed by atoms with Crippen LogP contribution in [0.1, 0.15) is 55.5 Å². The molecule has 0 unspecified atom stereocenters. The fourth-order valence-electron chi connectivity index (χ4n) is 6.26. The number of hydrogen-bond donors (Lipinski definition) is 2. The first-order valence-corrected chi connectivity index (χ1v) is 15.0. The summed E-state index contributed by atoms with van der Waals surface area (Å²) in [7, 11) is 1.56. The van der Waals surface area contributed by atoms with E-state index in [1.54, 1.807) is 7.05 Å². The number of likely N-dealkylation sites (N-methyl/N-ethyl adjacent to an activating group) is 1. The maximum absolute atomic E-state index is 13.0. The molecule has 8 nitrogen and oxygen atoms in total. The molecular formula is C36H36N4O4. The monoisotopic (exact) mass is 588 g/mol. The fraction of sp³-hybridized carbons (Fsp3) is 0.250. The zero-order valence-corrected chi connectivity index (χ0v) is 25.1. The first kappa shape index (κ1) is 29.0. The molecule has 0 spiro atoms. The lowest BCUT2D eigenvalue weighted by Crippen LogP contribution is -2.44. The molecule has 0 radical (unpaired) electrons. The summed E-state index contributed by atoms with van der Waals surface area (Å²) in [5.41, 5.74) is 7.54. The maximum Gasteiger partial charge on any atom is 0.410 e. The second-order valence-corrected chi connectivity index (χ2v) is 11.4. The van der Waals surface area contributed by atoms with Gasteiger partial charge < -0.3 is 25.2 Å². The van der Waals surface area contributed by atoms with Gasteiger partial charge in [-0.25, -0.2) is 4.79 Å². The van der Waals surface area contributed by atoms with Crippen LogP contribution in [-0.2, 0) is 14.3 Å². The van der Waals surface area contributed by atoms with Crippen molar-refractivity contribution in [1.82, 2.24) is 4.90 Å². The summed E-state index contributed by atoms with van der Waals surface area (Å²) in [6, 6.07) is 31.4. The van der Waals surface area contributed by atoms with Crippen molar-refractivity contribution < 1.29 is 19.1 Å². The highest BCUT2D eigenvalue weighted by Crippen LogP contribution is 2.45. The number of carbonyl (C=O) groups excluding carboxylic acids is 3. The van der Waals surface area contributed by atoms with Crippen LogP contribution < -0.4 is 15.5 Å². The molecule has 1 aliphatic carbocycles. The smallest absolute Gasteiger partial charge is 0.410 e. The van der Waals surface area contributed by atoms with Crippen LogP contribution in [-0.4, -0.2) is 42.4 Å². The summed E-state index contributed by atoms with van der Waals surface area (Å²) in [6.45, 7) is 3.81. The Morgan fingerprint density at radius 1 is 0.818 bits per heavy atom. The average Bonchev–Trinajstić information content (AvgIpc) is 3.35. The summed E-state index contributed by atoms with van der Waals surface area (Å²) >= 11 is 0. The first-order chi connectivity index (χ1) is 21.3. The van der Waals surface area contributed by atoms with Gasteiger partial charge in [-0.1, -0.05) is 73.7 Å². The third-order valence-electron chi connectivity index (χ3n) is 8.36. The van der Waals surface area contributed by atoms with Crippen LogP contribution in [0.5, 0.6) is 0 Å². The van der Waals surface area contributed by atoms with E-state index in [-0.39, 0.29) is 30.4 Å². The Balaban J connectivity index is 1.06. The number of hydrogen-bond acceptors (Lipinski definition) is 5. The predicted molar refractivity (Wildman–Crippen MR) is 173 cm³/mol. The molecule has 0 bridgehead atoms. The van der Waals surface area contributed by atoms with Crippen molar-refractivity contribution >= 4 is 35.0 Å². The highest BCUT2D eigenvalue weighted by atomic mass is 16.6. The van der Waals surface area contributed by atoms with E-state index in [2.05, 4.69) is 23.6 Å². The molecule has 3 amide bonds. The van der Waals surface area contributed by atoms with E-state index in [0.717, 1.165) is 45.6 Å². The van der Waals surface area contributed by atoms with Gasteiger partial charge in [0.05, 0.1) is 6.04 Å². The highest BCUT2D eigenvalue weighted by molar-refractivity contribution is 5.95. The minimum atomic E-state index is -0.572. The molecule has 6 rings (SSSR count). The van der Waals surface area contributed by atoms with Gasteiger partial charge >= 0.3 is 6.09 Å². The summed E-state index contributed by atoms with van der Waals surface area (Å²) in [5.74, 6) is -0.204. The quantitative estimate of drug-likeness (QED) is 0.239. The summed E-state index contributed by atoms with van der Waals surface area (Å²) in [4.78, 5) is 41.7. The van der Waals surface area contributed by atoms with E-state index in [1.165, 1.54) is 4.90 Å². The SMILES string of the molecule is CCC(=O)N1c2ccccc2[C@H](Nc2ccc(NC(=O)CN(C)C(=O)OC3c4ccccc4-c4ccccc43)cc2)C[C@@H]1C. The van der Waals surface area contributed by atoms with Gasteiger partial charge in [0, 0.05) is 47.7 Å². The largest absolute Gasteiger partial charge is 0.436 e. The van der Waals surface area contributed by atoms with Gasteiger partial charge in [-0.05, 0) is 60.4 Å². The third kappa shape index (κ3) is 5.63. The summed E-state index contributed by atoms with van der Waals surface area (Å²) in [5, 5.41) is 6.47. The van der Waals surface area contributed by atoms with Gasteiger partial charge in [-0.15, -0.1) is 0 Å². The molecule has 1 aliphatic heterocycles. The number of ether oxygens (including phenoxy) is 1. The van der Waals surface area contributed by atoms with Crippen LogP contribution in [0.25, 0.3) is 11.1 Å². The van der Waals surface area contributed by atoms with Crippen molar-refractivity contribution in [2.75, 3.05) is 29.1 Å². The van der Waals surface area contributed by atoms with Crippen molar-refractivity contribution in [1.29, 1.82) is 0 Å². The average molecular weight is 589 g/mol. The number of rotatable bonds is 7. The molecule has 0 saturated carbocycles. The van der Waals surface area contributed by atoms with Gasteiger partial charge in [0.15, 0.2) is 6.10 Å². The molecule has 1 heterocycles. The van der Waals surface area contributed by atoms with Crippen molar-refractivity contribution in [2.45, 2.75) is 44.9 Å². The van der Waals surface area contributed by atoms with E-state index < -0.39 is 12.2 Å². The standard InChI is InChI=1S/C36H36N4O4/c1-4-34(42)40-23(2)21-31(30-15-9-10-16-32(30)40)37-24-17-19-25(20-18-24)38-33(41)22-39(3)36(43)44-35-28-13-7-5-11-26(28)27-12-6-8-14-29(27)35/h5-20,23,31,35,37H,4,21-22H2,1-3H3,(H,38,41)/t23-,31+/m0/s1. The maximum atomic E-state index is 13.0. The van der Waals surface area contributed by atoms with Crippen molar-refractivity contribution in [3.63, 3.8) is 0 Å². The number of amides is 3. The summed E-state index contributed by atoms with van der Waals surface area (Å²) in [6.07, 6.45) is 0.152. The molecular weight excluding hydrogens is 552 g/mol. The van der Waals surface area contributed by atoms with Gasteiger partial charge in [0.1, 0.15) is 6.54 Å². The van der Waals surface area contributed by atoms with Gasteiger partial charge in [0.2, 0.25) is 11.8 Å². The molecule has 0 fully saturated rings. The fourth-order valence-corrected chi connectivity index (χ4v) is 6.26. The lowest BCUT2D eigenvalue weighted by Gasteiger charge is -2.40. The molecule has 2 N–H and O–H groups in total. The Bertz CT molecular complexity index is 1660. The van der Waals surface area contributed by atoms with E-state index in [4.69, 9.17) is 4.74 Å². The van der Waals surface area contributed by atoms with E-state index in [0.29, 0.717) is 12.1 Å². The van der Waals surface area contributed by atoms with E-state index in [9.17, 15) is 14.4 Å². The minimum Gasteiger partial charge on any atom is -0.436 e. The number of anilines is 3. The lowest BCUT2D eigenvalue weighted by molar-refractivity contribution is -0.119. The molecule has 2 atom stereocenters. The number of benzene rings is 4. The normalized spacial score (nSPS) is 16.8. The van der Waals surface area contributed by atoms with Crippen LogP contribution in [0.2, 0.25) is 0 Å². The first-order valence-electron chi connectivity index (χ1n) is 15.0. The molecule has 4 aromatic carbocycles. The van der Waals surface area contributed by atoms with Crippen molar-refractivity contribution in [3.05, 3.63) is 114 Å². The molecule has 4 aromatic rings. The molecule has 44 heavy (non-hydrogen) atoms. The Hall–Kier alpha value is -5.11. The molecule has 2 aliphatic rings. The summed E-state index contributed by atoms with van der Waals surface area (Å²) < 4.78 is 5.90. The van der Waals surface area contributed by atoms with E-state index in [1.807, 2.05) is 103 Å². The van der Waals surface area contributed by atoms with Gasteiger partial charge in [-0.3, -0.25) is 9.59 Å². The van der Waals surface area contributed by atoms with Gasteiger partial charge in [0.25, 0.3) is 0 Å². The van der Waals surface area contributed by atoms with Crippen molar-refractivity contribution in [3.8, 4) is 11.1 Å². The van der Waals surface area contributed by atoms with Crippen LogP contribution in [0.3, 0.4) is 0 Å². The number of nitrogens with zero attached hydrogens (tertiary/aromatic N) is 2. The lowest BCUT2D eigenvalue weighted by atomic mass is 9.91. The molecule has 8 heteroatoms. The zero-order valence-electron chi connectivity index (χ0n) is 25.1. The molecule has 224 valence electrons. The van der Waals surface area contributed by atoms with Crippen LogP contribution in [0.15, 0.2) is 97.1 Å². The van der Waals surface area contributed by atoms with Gasteiger partial charge in [-0.2, -0.15) is 0 Å². The second-order valence-electron chi connectivity index (χ2n) is 11.4. The molecule has 0 aromatic heterocycles. The number of nitrogens with one attached hydrogen (secondary N) is 2. The van der Waals surface area contributed by atoms with Crippen LogP contribution in [0, 0.1) is 0 Å². The Kier molecular flexibility index (Phi) is 8.07. The van der Waals surface area contributed by atoms with E-state index >= 15 is 0 Å². The van der Waals surface area contributed by atoms with Crippen LogP contribution in [0.4, 0.5) is 21.9 Å². The van der Waals surface area contributed by atoms with Crippen LogP contribution >= 0.6 is 0 Å². The Labute approximate surface area is 257 Å². The van der Waals surface area contributed by atoms with Crippen molar-refractivity contribution in [2.24, 2.45) is 0 Å². The second kappa shape index (κ2) is 12.2. The topological polar surface area (TPSA) is 91.0 Å². The zero-order chi connectivity index (χ0) is 30.8. The third-order valence-corrected chi connectivity index (χ3v) is 8.36. The number of carbonyl (C=O) groups is 3. The number of para-hydroxylation sites is 1. The highest BCUT2D eigenvalue weighted by Gasteiger charge is 2.34. The Morgan fingerprint density at radius 3 is 2.02 bits per heavy atom.